The van der Waals surface area contributed by atoms with E-state index in [4.69, 9.17) is 0 Å². The minimum Gasteiger partial charge on any atom is -0.375 e. The number of rotatable bonds is 1. The van der Waals surface area contributed by atoms with Gasteiger partial charge in [0.25, 0.3) is 0 Å². The first-order valence-electron chi connectivity index (χ1n) is 2.93. The Labute approximate surface area is 68.8 Å². The van der Waals surface area contributed by atoms with Crippen molar-refractivity contribution in [3.8, 4) is 0 Å². The lowest BCUT2D eigenvalue weighted by Gasteiger charge is -2.14. The molecule has 0 aliphatic carbocycles. The second-order valence-electron chi connectivity index (χ2n) is 2.13. The lowest BCUT2D eigenvalue weighted by atomic mass is 10.1. The van der Waals surface area contributed by atoms with E-state index in [9.17, 15) is 5.11 Å². The first-order valence-corrected chi connectivity index (χ1v) is 3.72. The van der Waals surface area contributed by atoms with Crippen LogP contribution in [-0.4, -0.2) is 5.11 Å². The Hall–Kier alpha value is -0.340. The van der Waals surface area contributed by atoms with Crippen molar-refractivity contribution in [2.45, 2.75) is 4.51 Å². The molecule has 1 nitrogen and oxygen atoms in total. The fourth-order valence-electron chi connectivity index (χ4n) is 0.694. The first kappa shape index (κ1) is 7.76. The molecule has 10 heavy (non-hydrogen) atoms. The third-order valence-corrected chi connectivity index (χ3v) is 1.67. The van der Waals surface area contributed by atoms with Crippen LogP contribution in [0, 0.1) is 6.92 Å². The summed E-state index contributed by atoms with van der Waals surface area (Å²) in [5.41, 5.74) is 0.759. The second-order valence-corrected chi connectivity index (χ2v) is 3.44. The van der Waals surface area contributed by atoms with Gasteiger partial charge in [0.15, 0.2) is 0 Å². The van der Waals surface area contributed by atoms with E-state index >= 15 is 0 Å². The molecule has 0 amide bonds. The molecular formula is C8H8BrO. The summed E-state index contributed by atoms with van der Waals surface area (Å²) in [6.45, 7) is 3.51. The van der Waals surface area contributed by atoms with E-state index in [0.29, 0.717) is 0 Å². The Morgan fingerprint density at radius 1 is 1.30 bits per heavy atom. The molecule has 53 valence electrons. The zero-order valence-electron chi connectivity index (χ0n) is 5.42. The van der Waals surface area contributed by atoms with Crippen LogP contribution in [0.1, 0.15) is 5.56 Å². The van der Waals surface area contributed by atoms with E-state index < -0.39 is 4.51 Å². The molecule has 0 bridgehead atoms. The lowest BCUT2D eigenvalue weighted by molar-refractivity contribution is 0.195. The van der Waals surface area contributed by atoms with Crippen molar-refractivity contribution in [3.05, 3.63) is 42.8 Å². The Balaban J connectivity index is 2.97. The molecule has 2 heteroatoms. The van der Waals surface area contributed by atoms with Crippen molar-refractivity contribution >= 4 is 15.9 Å². The largest absolute Gasteiger partial charge is 0.375 e. The number of alkyl halides is 1. The summed E-state index contributed by atoms with van der Waals surface area (Å²) in [6.07, 6.45) is 0. The SMILES string of the molecule is [CH2]C(O)(Br)c1ccccc1. The van der Waals surface area contributed by atoms with E-state index in [1.807, 2.05) is 30.3 Å². The van der Waals surface area contributed by atoms with E-state index in [1.54, 1.807) is 0 Å². The molecule has 1 unspecified atom stereocenters. The van der Waals surface area contributed by atoms with Crippen molar-refractivity contribution in [1.82, 2.24) is 0 Å². The Kier molecular flexibility index (Phi) is 2.11. The van der Waals surface area contributed by atoms with Gasteiger partial charge < -0.3 is 5.11 Å². The Bertz CT molecular complexity index is 200. The molecule has 1 atom stereocenters. The average molecular weight is 200 g/mol. The van der Waals surface area contributed by atoms with Crippen LogP contribution in [0.2, 0.25) is 0 Å². The summed E-state index contributed by atoms with van der Waals surface area (Å²) >= 11 is 3.03. The summed E-state index contributed by atoms with van der Waals surface area (Å²) in [4.78, 5) is 0. The molecule has 0 fully saturated rings. The van der Waals surface area contributed by atoms with Gasteiger partial charge in [-0.1, -0.05) is 30.3 Å². The molecule has 0 heterocycles. The average Bonchev–Trinajstić information content (AvgIpc) is 1.88. The second kappa shape index (κ2) is 2.72. The van der Waals surface area contributed by atoms with Crippen LogP contribution in [0.5, 0.6) is 0 Å². The van der Waals surface area contributed by atoms with Gasteiger partial charge in [0.1, 0.15) is 4.51 Å². The van der Waals surface area contributed by atoms with E-state index in [0.717, 1.165) is 5.56 Å². The molecule has 0 spiro atoms. The quantitative estimate of drug-likeness (QED) is 0.688. The molecule has 0 saturated heterocycles. The third kappa shape index (κ3) is 1.82. The number of benzene rings is 1. The summed E-state index contributed by atoms with van der Waals surface area (Å²) < 4.78 is -1.14. The van der Waals surface area contributed by atoms with Crippen LogP contribution < -0.4 is 0 Å². The summed E-state index contributed by atoms with van der Waals surface area (Å²) in [6, 6.07) is 9.21. The molecular weight excluding hydrogens is 192 g/mol. The third-order valence-electron chi connectivity index (χ3n) is 1.22. The molecule has 1 aromatic rings. The van der Waals surface area contributed by atoms with Crippen LogP contribution in [0.15, 0.2) is 30.3 Å². The predicted octanol–water partition coefficient (Wildman–Crippen LogP) is 2.06. The van der Waals surface area contributed by atoms with Crippen LogP contribution >= 0.6 is 15.9 Å². The molecule has 0 aromatic heterocycles. The van der Waals surface area contributed by atoms with E-state index in [1.165, 1.54) is 0 Å². The molecule has 1 N–H and O–H groups in total. The van der Waals surface area contributed by atoms with Gasteiger partial charge in [-0.25, -0.2) is 0 Å². The summed E-state index contributed by atoms with van der Waals surface area (Å²) in [5, 5.41) is 9.29. The Morgan fingerprint density at radius 2 is 1.80 bits per heavy atom. The predicted molar refractivity (Wildman–Crippen MR) is 44.6 cm³/mol. The summed E-state index contributed by atoms with van der Waals surface area (Å²) in [7, 11) is 0. The fourth-order valence-corrected chi connectivity index (χ4v) is 0.958. The van der Waals surface area contributed by atoms with Crippen molar-refractivity contribution < 1.29 is 5.11 Å². The summed E-state index contributed by atoms with van der Waals surface area (Å²) in [5.74, 6) is 0. The van der Waals surface area contributed by atoms with Gasteiger partial charge in [0.05, 0.1) is 0 Å². The van der Waals surface area contributed by atoms with Crippen molar-refractivity contribution in [3.63, 3.8) is 0 Å². The van der Waals surface area contributed by atoms with Gasteiger partial charge >= 0.3 is 0 Å². The standard InChI is InChI=1S/C8H8BrO/c1-8(9,10)7-5-3-2-4-6-7/h2-6,10H,1H2. The van der Waals surface area contributed by atoms with Crippen molar-refractivity contribution in [2.75, 3.05) is 0 Å². The van der Waals surface area contributed by atoms with Crippen molar-refractivity contribution in [1.29, 1.82) is 0 Å². The minimum atomic E-state index is -1.14. The Morgan fingerprint density at radius 3 is 2.10 bits per heavy atom. The molecule has 0 aliphatic rings. The molecule has 1 aromatic carbocycles. The van der Waals surface area contributed by atoms with Crippen LogP contribution in [0.3, 0.4) is 0 Å². The highest BCUT2D eigenvalue weighted by Crippen LogP contribution is 2.25. The van der Waals surface area contributed by atoms with Gasteiger partial charge in [0, 0.05) is 0 Å². The maximum absolute atomic E-state index is 9.29. The smallest absolute Gasteiger partial charge is 0.145 e. The normalized spacial score (nSPS) is 16.3. The molecule has 0 saturated carbocycles. The van der Waals surface area contributed by atoms with Gasteiger partial charge in [0.2, 0.25) is 0 Å². The van der Waals surface area contributed by atoms with Gasteiger partial charge in [-0.3, -0.25) is 0 Å². The van der Waals surface area contributed by atoms with E-state index in [-0.39, 0.29) is 0 Å². The minimum absolute atomic E-state index is 0.759. The number of hydrogen-bond acceptors (Lipinski definition) is 1. The number of aliphatic hydroxyl groups is 1. The highest BCUT2D eigenvalue weighted by atomic mass is 79.9. The maximum atomic E-state index is 9.29. The first-order chi connectivity index (χ1) is 4.61. The van der Waals surface area contributed by atoms with Crippen LogP contribution in [0.25, 0.3) is 0 Å². The molecule has 1 rings (SSSR count). The van der Waals surface area contributed by atoms with Crippen LogP contribution in [0.4, 0.5) is 0 Å². The topological polar surface area (TPSA) is 20.2 Å². The number of halogens is 1. The highest BCUT2D eigenvalue weighted by molar-refractivity contribution is 9.09. The van der Waals surface area contributed by atoms with E-state index in [2.05, 4.69) is 22.9 Å². The van der Waals surface area contributed by atoms with Crippen LogP contribution in [-0.2, 0) is 4.51 Å². The number of hydrogen-bond donors (Lipinski definition) is 1. The zero-order valence-corrected chi connectivity index (χ0v) is 7.01. The molecule has 0 aliphatic heterocycles. The zero-order chi connectivity index (χ0) is 7.61. The molecule has 1 radical (unpaired) electrons. The highest BCUT2D eigenvalue weighted by Gasteiger charge is 2.16. The lowest BCUT2D eigenvalue weighted by Crippen LogP contribution is -2.10. The maximum Gasteiger partial charge on any atom is 0.145 e. The van der Waals surface area contributed by atoms with Gasteiger partial charge in [-0.2, -0.15) is 0 Å². The fraction of sp³-hybridized carbons (Fsp3) is 0.125. The van der Waals surface area contributed by atoms with Crippen molar-refractivity contribution in [2.24, 2.45) is 0 Å². The van der Waals surface area contributed by atoms with Gasteiger partial charge in [-0.15, -0.1) is 0 Å². The van der Waals surface area contributed by atoms with Gasteiger partial charge in [-0.05, 0) is 28.4 Å². The monoisotopic (exact) mass is 199 g/mol.